The highest BCUT2D eigenvalue weighted by Gasteiger charge is 2.51. The maximum atomic E-state index is 12.1. The lowest BCUT2D eigenvalue weighted by Gasteiger charge is -2.44. The van der Waals surface area contributed by atoms with E-state index in [0.29, 0.717) is 19.0 Å². The van der Waals surface area contributed by atoms with Crippen LogP contribution in [0.5, 0.6) is 11.5 Å². The monoisotopic (exact) mass is 488 g/mol. The minimum absolute atomic E-state index is 0.102. The van der Waals surface area contributed by atoms with Gasteiger partial charge in [0.25, 0.3) is 8.32 Å². The molecular formula is C29H32O5Si. The highest BCUT2D eigenvalue weighted by molar-refractivity contribution is 6.99. The maximum Gasteiger partial charge on any atom is 0.261 e. The Hall–Kier alpha value is -2.93. The third kappa shape index (κ3) is 4.31. The first kappa shape index (κ1) is 23.8. The van der Waals surface area contributed by atoms with Crippen molar-refractivity contribution in [2.75, 3.05) is 20.0 Å². The molecule has 2 aliphatic rings. The molecule has 0 aromatic heterocycles. The molecule has 0 spiro atoms. The van der Waals surface area contributed by atoms with Crippen molar-refractivity contribution in [3.05, 3.63) is 84.4 Å². The second-order valence-electron chi connectivity index (χ2n) is 10.3. The topological polar surface area (TPSA) is 54.0 Å². The lowest BCUT2D eigenvalue weighted by atomic mass is 9.89. The second kappa shape index (κ2) is 9.61. The molecule has 0 bridgehead atoms. The van der Waals surface area contributed by atoms with Gasteiger partial charge in [-0.2, -0.15) is 0 Å². The first-order valence-electron chi connectivity index (χ1n) is 12.2. The molecular weight excluding hydrogens is 456 g/mol. The van der Waals surface area contributed by atoms with Gasteiger partial charge in [-0.3, -0.25) is 0 Å². The molecule has 5 rings (SSSR count). The number of carbonyl (C=O) groups excluding carboxylic acids is 1. The van der Waals surface area contributed by atoms with Crippen LogP contribution >= 0.6 is 0 Å². The lowest BCUT2D eigenvalue weighted by Crippen LogP contribution is -2.67. The molecule has 0 saturated carbocycles. The fourth-order valence-electron chi connectivity index (χ4n) is 5.45. The summed E-state index contributed by atoms with van der Waals surface area (Å²) in [5.41, 5.74) is 0.981. The summed E-state index contributed by atoms with van der Waals surface area (Å²) < 4.78 is 24.4. The van der Waals surface area contributed by atoms with Gasteiger partial charge in [0, 0.05) is 18.4 Å². The van der Waals surface area contributed by atoms with Crippen molar-refractivity contribution in [2.24, 2.45) is 11.8 Å². The van der Waals surface area contributed by atoms with Crippen LogP contribution in [0.4, 0.5) is 0 Å². The van der Waals surface area contributed by atoms with Crippen LogP contribution < -0.4 is 19.8 Å². The number of benzene rings is 3. The number of fused-ring (bicyclic) bond motifs is 1. The van der Waals surface area contributed by atoms with E-state index in [2.05, 4.69) is 69.3 Å². The average Bonchev–Trinajstić information content (AvgIpc) is 3.51. The molecule has 0 amide bonds. The lowest BCUT2D eigenvalue weighted by molar-refractivity contribution is -0.112. The molecule has 6 heteroatoms. The summed E-state index contributed by atoms with van der Waals surface area (Å²) in [4.78, 5) is 12.1. The zero-order valence-corrected chi connectivity index (χ0v) is 21.5. The Morgan fingerprint density at radius 2 is 1.54 bits per heavy atom. The highest BCUT2D eigenvalue weighted by Crippen LogP contribution is 2.44. The summed E-state index contributed by atoms with van der Waals surface area (Å²) in [6.45, 7) is 7.82. The van der Waals surface area contributed by atoms with Gasteiger partial charge in [0.05, 0.1) is 12.7 Å². The third-order valence-electron chi connectivity index (χ3n) is 7.22. The minimum atomic E-state index is -2.72. The Labute approximate surface area is 208 Å². The van der Waals surface area contributed by atoms with E-state index >= 15 is 0 Å². The van der Waals surface area contributed by atoms with Gasteiger partial charge in [-0.15, -0.1) is 0 Å². The quantitative estimate of drug-likeness (QED) is 0.362. The largest absolute Gasteiger partial charge is 0.454 e. The molecule has 2 heterocycles. The van der Waals surface area contributed by atoms with Crippen LogP contribution in [0.25, 0.3) is 0 Å². The molecule has 182 valence electrons. The van der Waals surface area contributed by atoms with Crippen LogP contribution in [0.2, 0.25) is 5.04 Å². The number of rotatable bonds is 7. The summed E-state index contributed by atoms with van der Waals surface area (Å²) in [6.07, 6.45) is 0.768. The SMILES string of the molecule is CC(C)(C)[Si](OC[C@H]1C(C=O)CO[C@@H]1c1ccc2c(c1)OCO2)(c1ccccc1)c1ccccc1. The molecule has 0 N–H and O–H groups in total. The van der Waals surface area contributed by atoms with Crippen LogP contribution in [0.15, 0.2) is 78.9 Å². The minimum Gasteiger partial charge on any atom is -0.454 e. The predicted molar refractivity (Wildman–Crippen MR) is 138 cm³/mol. The molecule has 1 saturated heterocycles. The third-order valence-corrected chi connectivity index (χ3v) is 12.2. The van der Waals surface area contributed by atoms with E-state index in [1.54, 1.807) is 0 Å². The van der Waals surface area contributed by atoms with Crippen molar-refractivity contribution in [2.45, 2.75) is 31.9 Å². The molecule has 3 aromatic rings. The Morgan fingerprint density at radius 1 is 0.914 bits per heavy atom. The summed E-state index contributed by atoms with van der Waals surface area (Å²) in [5, 5.41) is 2.31. The summed E-state index contributed by atoms with van der Waals surface area (Å²) in [6, 6.07) is 27.0. The van der Waals surface area contributed by atoms with Gasteiger partial charge in [-0.1, -0.05) is 87.5 Å². The molecule has 5 nitrogen and oxygen atoms in total. The van der Waals surface area contributed by atoms with Crippen LogP contribution in [-0.2, 0) is 14.0 Å². The summed E-state index contributed by atoms with van der Waals surface area (Å²) in [5.74, 6) is 1.12. The van der Waals surface area contributed by atoms with E-state index in [1.165, 1.54) is 10.4 Å². The molecule has 3 atom stereocenters. The molecule has 0 aliphatic carbocycles. The van der Waals surface area contributed by atoms with Crippen molar-refractivity contribution in [3.8, 4) is 11.5 Å². The Balaban J connectivity index is 1.52. The summed E-state index contributed by atoms with van der Waals surface area (Å²) >= 11 is 0. The van der Waals surface area contributed by atoms with Gasteiger partial charge in [-0.25, -0.2) is 0 Å². The van der Waals surface area contributed by atoms with E-state index in [-0.39, 0.29) is 29.8 Å². The van der Waals surface area contributed by atoms with E-state index in [4.69, 9.17) is 18.6 Å². The Morgan fingerprint density at radius 3 is 2.14 bits per heavy atom. The fourth-order valence-corrected chi connectivity index (χ4v) is 10.1. The first-order valence-corrected chi connectivity index (χ1v) is 14.1. The standard InChI is InChI=1S/C29H32O5Si/c1-29(2,3)35(23-10-6-4-7-11-23,24-12-8-5-9-13-24)34-19-25-22(17-30)18-31-28(25)21-14-15-26-27(16-21)33-20-32-26/h4-17,22,25,28H,18-20H2,1-3H3/t22?,25-,28+/m0/s1. The summed E-state index contributed by atoms with van der Waals surface area (Å²) in [7, 11) is -2.72. The smallest absolute Gasteiger partial charge is 0.261 e. The second-order valence-corrected chi connectivity index (χ2v) is 14.6. The number of carbonyl (C=O) groups is 1. The molecule has 1 fully saturated rings. The number of hydrogen-bond acceptors (Lipinski definition) is 5. The van der Waals surface area contributed by atoms with Gasteiger partial charge in [-0.05, 0) is 33.1 Å². The van der Waals surface area contributed by atoms with Crippen molar-refractivity contribution < 1.29 is 23.4 Å². The molecule has 2 aliphatic heterocycles. The highest BCUT2D eigenvalue weighted by atomic mass is 28.4. The zero-order chi connectivity index (χ0) is 24.5. The van der Waals surface area contributed by atoms with Gasteiger partial charge in [0.2, 0.25) is 6.79 Å². The van der Waals surface area contributed by atoms with Crippen molar-refractivity contribution in [1.29, 1.82) is 0 Å². The average molecular weight is 489 g/mol. The number of ether oxygens (including phenoxy) is 3. The normalized spacial score (nSPS) is 21.7. The van der Waals surface area contributed by atoms with Gasteiger partial charge in [0.15, 0.2) is 11.5 Å². The fraction of sp³-hybridized carbons (Fsp3) is 0.345. The van der Waals surface area contributed by atoms with Crippen LogP contribution in [-0.4, -0.2) is 34.6 Å². The number of aldehydes is 1. The Kier molecular flexibility index (Phi) is 6.53. The van der Waals surface area contributed by atoms with E-state index in [0.717, 1.165) is 17.6 Å². The maximum absolute atomic E-state index is 12.1. The molecule has 1 unspecified atom stereocenters. The van der Waals surface area contributed by atoms with Crippen LogP contribution in [0.3, 0.4) is 0 Å². The van der Waals surface area contributed by atoms with Crippen LogP contribution in [0.1, 0.15) is 32.4 Å². The Bertz CT molecular complexity index is 1120. The van der Waals surface area contributed by atoms with Crippen molar-refractivity contribution >= 4 is 25.0 Å². The van der Waals surface area contributed by atoms with E-state index < -0.39 is 8.32 Å². The van der Waals surface area contributed by atoms with Gasteiger partial charge in [0.1, 0.15) is 6.29 Å². The van der Waals surface area contributed by atoms with Crippen LogP contribution in [0, 0.1) is 11.8 Å². The van der Waals surface area contributed by atoms with Gasteiger partial charge < -0.3 is 23.4 Å². The van der Waals surface area contributed by atoms with Gasteiger partial charge >= 0.3 is 0 Å². The van der Waals surface area contributed by atoms with E-state index in [1.807, 2.05) is 30.3 Å². The number of hydrogen-bond donors (Lipinski definition) is 0. The van der Waals surface area contributed by atoms with Crippen molar-refractivity contribution in [1.82, 2.24) is 0 Å². The molecule has 3 aromatic carbocycles. The first-order chi connectivity index (χ1) is 16.9. The predicted octanol–water partition coefficient (Wildman–Crippen LogP) is 4.49. The van der Waals surface area contributed by atoms with E-state index in [9.17, 15) is 4.79 Å². The zero-order valence-electron chi connectivity index (χ0n) is 20.5. The van der Waals surface area contributed by atoms with Crippen molar-refractivity contribution in [3.63, 3.8) is 0 Å². The molecule has 35 heavy (non-hydrogen) atoms. The molecule has 0 radical (unpaired) electrons.